The Morgan fingerprint density at radius 2 is 2.16 bits per heavy atom. The lowest BCUT2D eigenvalue weighted by Gasteiger charge is -2.29. The van der Waals surface area contributed by atoms with E-state index in [2.05, 4.69) is 12.6 Å². The molecule has 0 N–H and O–H groups in total. The molecular weight excluding hydrogens is 365 g/mol. The molecule has 25 heavy (non-hydrogen) atoms. The van der Waals surface area contributed by atoms with Crippen LogP contribution in [0, 0.1) is 5.82 Å². The molecule has 2 aliphatic rings. The molecule has 2 fully saturated rings. The van der Waals surface area contributed by atoms with Crippen molar-refractivity contribution in [3.63, 3.8) is 0 Å². The average Bonchev–Trinajstić information content (AvgIpc) is 2.95. The van der Waals surface area contributed by atoms with Crippen LogP contribution in [-0.2, 0) is 9.47 Å². The standard InChI is InChI=1S/C16H20FN3O3S2/c1-18(16(24)25)9-12-10-20(15(21)23-12)11-2-3-14(13(17)8-11)19-4-6-22-7-5-19/h2-3,8,12H,4-7,9-10H2,1H3,(H,24,25)/t12-/m1/s1. The maximum absolute atomic E-state index is 14.5. The van der Waals surface area contributed by atoms with E-state index in [0.29, 0.717) is 55.1 Å². The Labute approximate surface area is 156 Å². The number of rotatable bonds is 4. The van der Waals surface area contributed by atoms with Crippen molar-refractivity contribution in [2.45, 2.75) is 6.10 Å². The molecule has 1 aromatic carbocycles. The average molecular weight is 385 g/mol. The molecule has 0 aliphatic carbocycles. The first kappa shape index (κ1) is 18.2. The molecule has 2 aliphatic heterocycles. The van der Waals surface area contributed by atoms with Gasteiger partial charge in [0.25, 0.3) is 0 Å². The van der Waals surface area contributed by atoms with Gasteiger partial charge in [0.15, 0.2) is 0 Å². The number of cyclic esters (lactones) is 1. The van der Waals surface area contributed by atoms with Gasteiger partial charge >= 0.3 is 6.09 Å². The fraction of sp³-hybridized carbons (Fsp3) is 0.500. The molecule has 2 saturated heterocycles. The topological polar surface area (TPSA) is 45.2 Å². The molecule has 0 bridgehead atoms. The molecule has 2 heterocycles. The summed E-state index contributed by atoms with van der Waals surface area (Å²) in [6.45, 7) is 3.26. The van der Waals surface area contributed by atoms with Crippen molar-refractivity contribution in [2.24, 2.45) is 0 Å². The van der Waals surface area contributed by atoms with Crippen molar-refractivity contribution >= 4 is 46.6 Å². The second kappa shape index (κ2) is 7.76. The number of hydrogen-bond acceptors (Lipinski definition) is 5. The van der Waals surface area contributed by atoms with Gasteiger partial charge in [-0.2, -0.15) is 0 Å². The van der Waals surface area contributed by atoms with E-state index in [1.165, 1.54) is 11.0 Å². The number of benzene rings is 1. The Hall–Kier alpha value is -1.58. The number of amides is 1. The van der Waals surface area contributed by atoms with Crippen LogP contribution in [0.3, 0.4) is 0 Å². The molecule has 1 amide bonds. The Morgan fingerprint density at radius 1 is 1.44 bits per heavy atom. The third-order valence-corrected chi connectivity index (χ3v) is 4.93. The number of anilines is 2. The van der Waals surface area contributed by atoms with Crippen LogP contribution in [0.4, 0.5) is 20.6 Å². The highest BCUT2D eigenvalue weighted by molar-refractivity contribution is 8.10. The third kappa shape index (κ3) is 4.16. The van der Waals surface area contributed by atoms with Gasteiger partial charge in [0.2, 0.25) is 0 Å². The van der Waals surface area contributed by atoms with Gasteiger partial charge in [-0.05, 0) is 18.2 Å². The summed E-state index contributed by atoms with van der Waals surface area (Å²) in [4.78, 5) is 17.2. The summed E-state index contributed by atoms with van der Waals surface area (Å²) >= 11 is 9.07. The van der Waals surface area contributed by atoms with Crippen LogP contribution in [0.1, 0.15) is 0 Å². The highest BCUT2D eigenvalue weighted by atomic mass is 32.1. The minimum absolute atomic E-state index is 0.343. The van der Waals surface area contributed by atoms with Crippen LogP contribution < -0.4 is 9.80 Å². The number of halogens is 1. The highest BCUT2D eigenvalue weighted by Crippen LogP contribution is 2.28. The molecule has 1 atom stereocenters. The third-order valence-electron chi connectivity index (χ3n) is 4.27. The first-order valence-electron chi connectivity index (χ1n) is 8.00. The van der Waals surface area contributed by atoms with Crippen molar-refractivity contribution in [3.8, 4) is 0 Å². The Balaban J connectivity index is 1.70. The second-order valence-corrected chi connectivity index (χ2v) is 7.13. The quantitative estimate of drug-likeness (QED) is 0.633. The number of hydrogen-bond donors (Lipinski definition) is 1. The fourth-order valence-corrected chi connectivity index (χ4v) is 3.09. The Morgan fingerprint density at radius 3 is 2.80 bits per heavy atom. The lowest BCUT2D eigenvalue weighted by molar-refractivity contribution is 0.122. The van der Waals surface area contributed by atoms with Crippen molar-refractivity contribution in [1.29, 1.82) is 0 Å². The first-order valence-corrected chi connectivity index (χ1v) is 8.85. The zero-order chi connectivity index (χ0) is 18.0. The van der Waals surface area contributed by atoms with Gasteiger partial charge in [0, 0.05) is 20.1 Å². The SMILES string of the molecule is CN(C[C@@H]1CN(c2ccc(N3CCOCC3)c(F)c2)C(=O)O1)C(=S)S. The van der Waals surface area contributed by atoms with Crippen molar-refractivity contribution in [2.75, 3.05) is 56.2 Å². The summed E-state index contributed by atoms with van der Waals surface area (Å²) < 4.78 is 25.6. The highest BCUT2D eigenvalue weighted by Gasteiger charge is 2.33. The minimum Gasteiger partial charge on any atom is -0.442 e. The molecule has 136 valence electrons. The van der Waals surface area contributed by atoms with Crippen LogP contribution in [-0.4, -0.2) is 67.9 Å². The lowest BCUT2D eigenvalue weighted by atomic mass is 10.2. The molecule has 6 nitrogen and oxygen atoms in total. The van der Waals surface area contributed by atoms with Gasteiger partial charge in [0.05, 0.1) is 37.7 Å². The predicted octanol–water partition coefficient (Wildman–Crippen LogP) is 2.13. The number of thiol groups is 1. The van der Waals surface area contributed by atoms with Crippen molar-refractivity contribution in [1.82, 2.24) is 4.90 Å². The first-order chi connectivity index (χ1) is 12.0. The lowest BCUT2D eigenvalue weighted by Crippen LogP contribution is -2.36. The number of carbonyl (C=O) groups is 1. The zero-order valence-corrected chi connectivity index (χ0v) is 15.6. The zero-order valence-electron chi connectivity index (χ0n) is 13.9. The van der Waals surface area contributed by atoms with Crippen molar-refractivity contribution in [3.05, 3.63) is 24.0 Å². The van der Waals surface area contributed by atoms with Crippen LogP contribution >= 0.6 is 24.8 Å². The van der Waals surface area contributed by atoms with Gasteiger partial charge in [-0.15, -0.1) is 12.6 Å². The minimum atomic E-state index is -0.484. The molecule has 9 heteroatoms. The van der Waals surface area contributed by atoms with E-state index in [0.717, 1.165) is 0 Å². The normalized spacial score (nSPS) is 20.6. The maximum Gasteiger partial charge on any atom is 0.414 e. The summed E-state index contributed by atoms with van der Waals surface area (Å²) in [5, 5.41) is 0. The summed E-state index contributed by atoms with van der Waals surface area (Å²) in [5.74, 6) is -0.357. The van der Waals surface area contributed by atoms with Gasteiger partial charge in [0.1, 0.15) is 16.2 Å². The van der Waals surface area contributed by atoms with Gasteiger partial charge in [-0.1, -0.05) is 12.2 Å². The van der Waals surface area contributed by atoms with E-state index in [1.54, 1.807) is 24.1 Å². The Kier molecular flexibility index (Phi) is 5.65. The number of carbonyl (C=O) groups excluding carboxylic acids is 1. The molecule has 0 unspecified atom stereocenters. The fourth-order valence-electron chi connectivity index (χ4n) is 2.94. The van der Waals surface area contributed by atoms with Gasteiger partial charge in [-0.25, -0.2) is 9.18 Å². The monoisotopic (exact) mass is 385 g/mol. The van der Waals surface area contributed by atoms with E-state index in [4.69, 9.17) is 21.7 Å². The summed E-state index contributed by atoms with van der Waals surface area (Å²) in [5.41, 5.74) is 1.01. The van der Waals surface area contributed by atoms with E-state index < -0.39 is 6.09 Å². The molecule has 1 aromatic rings. The summed E-state index contributed by atoms with van der Waals surface area (Å²) in [6, 6.07) is 4.82. The number of nitrogens with zero attached hydrogens (tertiary/aromatic N) is 3. The van der Waals surface area contributed by atoms with E-state index in [1.807, 2.05) is 4.90 Å². The van der Waals surface area contributed by atoms with Crippen LogP contribution in [0.25, 0.3) is 0 Å². The van der Waals surface area contributed by atoms with Gasteiger partial charge < -0.3 is 19.3 Å². The summed E-state index contributed by atoms with van der Waals surface area (Å²) in [7, 11) is 1.78. The van der Waals surface area contributed by atoms with Crippen LogP contribution in [0.2, 0.25) is 0 Å². The van der Waals surface area contributed by atoms with Crippen LogP contribution in [0.5, 0.6) is 0 Å². The second-order valence-electron chi connectivity index (χ2n) is 6.01. The molecule has 0 saturated carbocycles. The van der Waals surface area contributed by atoms with Crippen LogP contribution in [0.15, 0.2) is 18.2 Å². The molecule has 0 aromatic heterocycles. The molecule has 0 radical (unpaired) electrons. The van der Waals surface area contributed by atoms with E-state index >= 15 is 0 Å². The number of thiocarbonyl (C=S) groups is 1. The molecule has 3 rings (SSSR count). The van der Waals surface area contributed by atoms with Crippen molar-refractivity contribution < 1.29 is 18.7 Å². The smallest absolute Gasteiger partial charge is 0.414 e. The van der Waals surface area contributed by atoms with E-state index in [-0.39, 0.29) is 11.9 Å². The number of morpholine rings is 1. The number of ether oxygens (including phenoxy) is 2. The largest absolute Gasteiger partial charge is 0.442 e. The maximum atomic E-state index is 14.5. The molecular formula is C16H20FN3O3S2. The molecule has 0 spiro atoms. The number of likely N-dealkylation sites (N-methyl/N-ethyl adjacent to an activating group) is 1. The Bertz CT molecular complexity index is 670. The van der Waals surface area contributed by atoms with Gasteiger partial charge in [-0.3, -0.25) is 4.90 Å². The van der Waals surface area contributed by atoms with E-state index in [9.17, 15) is 9.18 Å². The predicted molar refractivity (Wildman–Crippen MR) is 101 cm³/mol. The summed E-state index contributed by atoms with van der Waals surface area (Å²) in [6.07, 6.45) is -0.827.